The van der Waals surface area contributed by atoms with Crippen molar-refractivity contribution >= 4 is 35.7 Å². The fourth-order valence-electron chi connectivity index (χ4n) is 4.51. The zero-order chi connectivity index (χ0) is 26.5. The average molecular weight is 500 g/mol. The van der Waals surface area contributed by atoms with Gasteiger partial charge in [-0.1, -0.05) is 12.1 Å². The van der Waals surface area contributed by atoms with E-state index >= 15 is 0 Å². The Morgan fingerprint density at radius 3 is 2.35 bits per heavy atom. The first-order valence-electron chi connectivity index (χ1n) is 11.7. The second-order valence-corrected chi connectivity index (χ2v) is 8.60. The molecule has 0 saturated heterocycles. The van der Waals surface area contributed by atoms with E-state index in [1.807, 2.05) is 43.3 Å². The second-order valence-electron chi connectivity index (χ2n) is 8.60. The fraction of sp³-hybridized carbons (Fsp3) is 0.214. The monoisotopic (exact) mass is 500 g/mol. The van der Waals surface area contributed by atoms with Crippen LogP contribution in [0.5, 0.6) is 17.2 Å². The van der Waals surface area contributed by atoms with E-state index in [0.717, 1.165) is 39.0 Å². The smallest absolute Gasteiger partial charge is 0.496 e. The standard InChI is InChI=1S/C28H29BN2O6/c1-17-22(10-19-11-25(36-3)28(29(33)34)26(12-19)37-4)21-8-7-20(35-2)13-24(21)23(17)14-27(32)31-16-18-6-5-9-30-15-18/h5-13,15,33-34H,14,16H2,1-4H3,(H,31,32)/b22-10-. The SMILES string of the molecule is COc1ccc2c(c1)C(CC(=O)NCc1cccnc1)=C(C)/C2=C/c1cc(OC)c(B(O)O)c(OC)c1. The number of aromatic nitrogens is 1. The van der Waals surface area contributed by atoms with Gasteiger partial charge in [-0.3, -0.25) is 9.78 Å². The number of benzene rings is 2. The molecule has 0 fully saturated rings. The Balaban J connectivity index is 1.72. The summed E-state index contributed by atoms with van der Waals surface area (Å²) in [5, 5.41) is 22.6. The number of nitrogens with one attached hydrogen (secondary N) is 1. The highest BCUT2D eigenvalue weighted by atomic mass is 16.5. The zero-order valence-electron chi connectivity index (χ0n) is 21.2. The van der Waals surface area contributed by atoms with Gasteiger partial charge >= 0.3 is 7.12 Å². The molecule has 1 heterocycles. The van der Waals surface area contributed by atoms with Gasteiger partial charge in [-0.15, -0.1) is 0 Å². The summed E-state index contributed by atoms with van der Waals surface area (Å²) < 4.78 is 16.3. The van der Waals surface area contributed by atoms with Crippen molar-refractivity contribution in [2.75, 3.05) is 21.3 Å². The largest absolute Gasteiger partial charge is 0.497 e. The van der Waals surface area contributed by atoms with E-state index in [-0.39, 0.29) is 17.8 Å². The van der Waals surface area contributed by atoms with Crippen molar-refractivity contribution in [1.82, 2.24) is 10.3 Å². The van der Waals surface area contributed by atoms with Gasteiger partial charge in [0.25, 0.3) is 0 Å². The van der Waals surface area contributed by atoms with E-state index in [1.165, 1.54) is 14.2 Å². The normalized spacial score (nSPS) is 13.4. The lowest BCUT2D eigenvalue weighted by Crippen LogP contribution is -2.32. The molecule has 0 atom stereocenters. The van der Waals surface area contributed by atoms with Gasteiger partial charge in [0.05, 0.1) is 33.2 Å². The van der Waals surface area contributed by atoms with Crippen molar-refractivity contribution in [3.05, 3.63) is 82.7 Å². The molecule has 37 heavy (non-hydrogen) atoms. The first-order valence-corrected chi connectivity index (χ1v) is 11.7. The summed E-state index contributed by atoms with van der Waals surface area (Å²) >= 11 is 0. The van der Waals surface area contributed by atoms with E-state index in [4.69, 9.17) is 14.2 Å². The molecule has 3 aromatic rings. The Hall–Kier alpha value is -4.08. The highest BCUT2D eigenvalue weighted by Crippen LogP contribution is 2.45. The third-order valence-electron chi connectivity index (χ3n) is 6.38. The number of amides is 1. The lowest BCUT2D eigenvalue weighted by molar-refractivity contribution is -0.120. The number of carbonyl (C=O) groups is 1. The number of hydrogen-bond acceptors (Lipinski definition) is 7. The molecule has 0 spiro atoms. The van der Waals surface area contributed by atoms with Crippen LogP contribution in [0.15, 0.2) is 60.4 Å². The maximum Gasteiger partial charge on any atom is 0.496 e. The number of rotatable bonds is 9. The summed E-state index contributed by atoms with van der Waals surface area (Å²) in [6.45, 7) is 2.39. The van der Waals surface area contributed by atoms with E-state index in [0.29, 0.717) is 23.8 Å². The number of methoxy groups -OCH3 is 3. The number of pyridine rings is 1. The molecule has 0 aliphatic heterocycles. The zero-order valence-corrected chi connectivity index (χ0v) is 21.2. The lowest BCUT2D eigenvalue weighted by Gasteiger charge is -2.14. The van der Waals surface area contributed by atoms with Crippen LogP contribution >= 0.6 is 0 Å². The molecule has 0 unspecified atom stereocenters. The van der Waals surface area contributed by atoms with Crippen molar-refractivity contribution in [1.29, 1.82) is 0 Å². The molecular weight excluding hydrogens is 471 g/mol. The molecule has 9 heteroatoms. The molecule has 8 nitrogen and oxygen atoms in total. The van der Waals surface area contributed by atoms with Crippen LogP contribution in [0.3, 0.4) is 0 Å². The first kappa shape index (κ1) is 26.0. The number of carbonyl (C=O) groups excluding carboxylic acids is 1. The number of ether oxygens (including phenoxy) is 3. The third kappa shape index (κ3) is 5.53. The molecule has 0 saturated carbocycles. The van der Waals surface area contributed by atoms with Crippen LogP contribution in [0.4, 0.5) is 0 Å². The number of fused-ring (bicyclic) bond motifs is 1. The minimum atomic E-state index is -1.75. The van der Waals surface area contributed by atoms with Crippen molar-refractivity contribution in [3.8, 4) is 17.2 Å². The van der Waals surface area contributed by atoms with Gasteiger partial charge in [0.1, 0.15) is 17.2 Å². The summed E-state index contributed by atoms with van der Waals surface area (Å²) in [4.78, 5) is 17.0. The summed E-state index contributed by atoms with van der Waals surface area (Å²) in [6, 6.07) is 13.0. The summed E-state index contributed by atoms with van der Waals surface area (Å²) in [7, 11) is 2.79. The molecule has 1 amide bonds. The van der Waals surface area contributed by atoms with Gasteiger partial charge in [0, 0.05) is 18.9 Å². The van der Waals surface area contributed by atoms with Gasteiger partial charge in [0.15, 0.2) is 0 Å². The molecule has 190 valence electrons. The summed E-state index contributed by atoms with van der Waals surface area (Å²) in [5.41, 5.74) is 6.54. The number of nitrogens with zero attached hydrogens (tertiary/aromatic N) is 1. The first-order chi connectivity index (χ1) is 17.9. The molecule has 1 aliphatic carbocycles. The minimum Gasteiger partial charge on any atom is -0.497 e. The van der Waals surface area contributed by atoms with Crippen molar-refractivity contribution < 1.29 is 29.1 Å². The maximum atomic E-state index is 12.9. The van der Waals surface area contributed by atoms with Crippen molar-refractivity contribution in [2.24, 2.45) is 0 Å². The Morgan fingerprint density at radius 2 is 1.76 bits per heavy atom. The Bertz CT molecular complexity index is 1340. The fourth-order valence-corrected chi connectivity index (χ4v) is 4.51. The molecule has 3 N–H and O–H groups in total. The van der Waals surface area contributed by atoms with Gasteiger partial charge in [-0.05, 0) is 82.3 Å². The van der Waals surface area contributed by atoms with Crippen LogP contribution < -0.4 is 25.0 Å². The van der Waals surface area contributed by atoms with E-state index in [9.17, 15) is 14.8 Å². The van der Waals surface area contributed by atoms with Gasteiger partial charge < -0.3 is 29.6 Å². The van der Waals surface area contributed by atoms with E-state index < -0.39 is 7.12 Å². The Labute approximate surface area is 216 Å². The predicted octanol–water partition coefficient (Wildman–Crippen LogP) is 2.82. The predicted molar refractivity (Wildman–Crippen MR) is 144 cm³/mol. The van der Waals surface area contributed by atoms with Crippen LogP contribution in [-0.2, 0) is 11.3 Å². The quantitative estimate of drug-likeness (QED) is 0.388. The Kier molecular flexibility index (Phi) is 7.96. The number of hydrogen-bond donors (Lipinski definition) is 3. The molecule has 1 aliphatic rings. The summed E-state index contributed by atoms with van der Waals surface area (Å²) in [5.74, 6) is 1.19. The van der Waals surface area contributed by atoms with Gasteiger partial charge in [0.2, 0.25) is 5.91 Å². The highest BCUT2D eigenvalue weighted by molar-refractivity contribution is 6.61. The molecular formula is C28H29BN2O6. The molecule has 1 aromatic heterocycles. The van der Waals surface area contributed by atoms with Crippen molar-refractivity contribution in [2.45, 2.75) is 19.9 Å². The topological polar surface area (TPSA) is 110 Å². The lowest BCUT2D eigenvalue weighted by atomic mass is 9.78. The van der Waals surface area contributed by atoms with Crippen LogP contribution in [-0.4, -0.2) is 49.4 Å². The van der Waals surface area contributed by atoms with Crippen molar-refractivity contribution in [3.63, 3.8) is 0 Å². The van der Waals surface area contributed by atoms with Crippen LogP contribution in [0.2, 0.25) is 0 Å². The Morgan fingerprint density at radius 1 is 1.03 bits per heavy atom. The van der Waals surface area contributed by atoms with Crippen LogP contribution in [0.1, 0.15) is 35.6 Å². The molecule has 0 bridgehead atoms. The summed E-state index contributed by atoms with van der Waals surface area (Å²) in [6.07, 6.45) is 5.59. The average Bonchev–Trinajstić information content (AvgIpc) is 3.16. The molecule has 4 rings (SSSR count). The van der Waals surface area contributed by atoms with Crippen LogP contribution in [0, 0.1) is 0 Å². The van der Waals surface area contributed by atoms with E-state index in [1.54, 1.807) is 31.6 Å². The van der Waals surface area contributed by atoms with Gasteiger partial charge in [-0.25, -0.2) is 0 Å². The third-order valence-corrected chi connectivity index (χ3v) is 6.38. The van der Waals surface area contributed by atoms with Gasteiger partial charge in [-0.2, -0.15) is 0 Å². The molecule has 2 aromatic carbocycles. The van der Waals surface area contributed by atoms with E-state index in [2.05, 4.69) is 10.3 Å². The maximum absolute atomic E-state index is 12.9. The minimum absolute atomic E-state index is 0.0992. The molecule has 0 radical (unpaired) electrons. The highest BCUT2D eigenvalue weighted by Gasteiger charge is 2.27. The second kappa shape index (κ2) is 11.3. The number of allylic oxidation sites excluding steroid dienone is 2. The van der Waals surface area contributed by atoms with Crippen LogP contribution in [0.25, 0.3) is 17.2 Å².